The second kappa shape index (κ2) is 7.76. The van der Waals surface area contributed by atoms with Crippen LogP contribution in [-0.4, -0.2) is 66.0 Å². The van der Waals surface area contributed by atoms with Crippen LogP contribution in [0.25, 0.3) is 0 Å². The minimum Gasteiger partial charge on any atom is -0.497 e. The van der Waals surface area contributed by atoms with Crippen molar-refractivity contribution >= 4 is 17.8 Å². The molecule has 0 aromatic heterocycles. The van der Waals surface area contributed by atoms with Crippen LogP contribution in [0, 0.1) is 11.8 Å². The van der Waals surface area contributed by atoms with Crippen molar-refractivity contribution in [1.29, 1.82) is 0 Å². The summed E-state index contributed by atoms with van der Waals surface area (Å²) in [5.41, 5.74) is 0.895. The molecule has 140 valence electrons. The zero-order valence-electron chi connectivity index (χ0n) is 14.9. The van der Waals surface area contributed by atoms with Gasteiger partial charge in [-0.3, -0.25) is 14.4 Å². The maximum absolute atomic E-state index is 12.5. The van der Waals surface area contributed by atoms with Gasteiger partial charge in [0.15, 0.2) is 0 Å². The number of aliphatic carboxylic acids is 1. The molecule has 1 aromatic carbocycles. The van der Waals surface area contributed by atoms with E-state index in [4.69, 9.17) is 9.84 Å². The molecule has 1 saturated heterocycles. The van der Waals surface area contributed by atoms with Crippen molar-refractivity contribution in [3.05, 3.63) is 29.8 Å². The van der Waals surface area contributed by atoms with E-state index in [1.165, 1.54) is 0 Å². The monoisotopic (exact) mass is 360 g/mol. The molecule has 0 bridgehead atoms. The standard InChI is InChI=1S/C19H24N2O5/c1-26-14-4-2-3-13(11-14)12-17(22)20-7-9-21(10-8-20)18(23)15-5-6-16(15)19(24)25/h2-4,11,15-16H,5-10,12H2,1H3,(H,24,25). The van der Waals surface area contributed by atoms with Crippen LogP contribution >= 0.6 is 0 Å². The van der Waals surface area contributed by atoms with Gasteiger partial charge in [-0.1, -0.05) is 12.1 Å². The summed E-state index contributed by atoms with van der Waals surface area (Å²) in [7, 11) is 1.59. The number of carbonyl (C=O) groups excluding carboxylic acids is 2. The lowest BCUT2D eigenvalue weighted by Gasteiger charge is -2.40. The van der Waals surface area contributed by atoms with E-state index >= 15 is 0 Å². The summed E-state index contributed by atoms with van der Waals surface area (Å²) in [5, 5.41) is 9.11. The lowest BCUT2D eigenvalue weighted by atomic mass is 9.73. The number of rotatable bonds is 5. The topological polar surface area (TPSA) is 87.2 Å². The van der Waals surface area contributed by atoms with E-state index in [1.54, 1.807) is 16.9 Å². The minimum atomic E-state index is -0.887. The fourth-order valence-electron chi connectivity index (χ4n) is 3.57. The zero-order valence-corrected chi connectivity index (χ0v) is 14.9. The molecule has 0 spiro atoms. The molecular formula is C19H24N2O5. The van der Waals surface area contributed by atoms with Crippen molar-refractivity contribution in [2.75, 3.05) is 33.3 Å². The van der Waals surface area contributed by atoms with Crippen molar-refractivity contribution < 1.29 is 24.2 Å². The average Bonchev–Trinajstić information content (AvgIpc) is 2.60. The average molecular weight is 360 g/mol. The van der Waals surface area contributed by atoms with E-state index in [0.29, 0.717) is 45.4 Å². The van der Waals surface area contributed by atoms with Crippen molar-refractivity contribution in [3.8, 4) is 5.75 Å². The first-order valence-corrected chi connectivity index (χ1v) is 8.92. The van der Waals surface area contributed by atoms with E-state index in [2.05, 4.69) is 0 Å². The van der Waals surface area contributed by atoms with E-state index in [1.807, 2.05) is 24.3 Å². The number of hydrogen-bond donors (Lipinski definition) is 1. The molecule has 1 heterocycles. The molecule has 26 heavy (non-hydrogen) atoms. The van der Waals surface area contributed by atoms with Crippen molar-refractivity contribution in [2.45, 2.75) is 19.3 Å². The molecular weight excluding hydrogens is 336 g/mol. The Morgan fingerprint density at radius 3 is 2.31 bits per heavy atom. The summed E-state index contributed by atoms with van der Waals surface area (Å²) in [5.74, 6) is -1.16. The van der Waals surface area contributed by atoms with E-state index in [9.17, 15) is 14.4 Å². The first kappa shape index (κ1) is 18.2. The highest BCUT2D eigenvalue weighted by Crippen LogP contribution is 2.36. The minimum absolute atomic E-state index is 0.0254. The van der Waals surface area contributed by atoms with Gasteiger partial charge in [0.25, 0.3) is 0 Å². The molecule has 7 nitrogen and oxygen atoms in total. The Bertz CT molecular complexity index is 697. The molecule has 2 unspecified atom stereocenters. The van der Waals surface area contributed by atoms with E-state index in [-0.39, 0.29) is 11.8 Å². The Morgan fingerprint density at radius 2 is 1.73 bits per heavy atom. The summed E-state index contributed by atoms with van der Waals surface area (Å²) in [6.45, 7) is 1.90. The fourth-order valence-corrected chi connectivity index (χ4v) is 3.57. The molecule has 2 aliphatic rings. The molecule has 2 amide bonds. The Kier molecular flexibility index (Phi) is 5.44. The quantitative estimate of drug-likeness (QED) is 0.847. The first-order valence-electron chi connectivity index (χ1n) is 8.92. The van der Waals surface area contributed by atoms with Gasteiger partial charge in [0.05, 0.1) is 25.4 Å². The van der Waals surface area contributed by atoms with Gasteiger partial charge >= 0.3 is 5.97 Å². The molecule has 7 heteroatoms. The Morgan fingerprint density at radius 1 is 1.08 bits per heavy atom. The highest BCUT2D eigenvalue weighted by atomic mass is 16.5. The third-order valence-electron chi connectivity index (χ3n) is 5.34. The summed E-state index contributed by atoms with van der Waals surface area (Å²) in [4.78, 5) is 39.5. The van der Waals surface area contributed by atoms with Crippen LogP contribution in [0.5, 0.6) is 5.75 Å². The largest absolute Gasteiger partial charge is 0.497 e. The summed E-state index contributed by atoms with van der Waals surface area (Å²) in [6.07, 6.45) is 1.52. The van der Waals surface area contributed by atoms with Crippen LogP contribution < -0.4 is 4.74 Å². The van der Waals surface area contributed by atoms with Crippen LogP contribution in [0.4, 0.5) is 0 Å². The van der Waals surface area contributed by atoms with Gasteiger partial charge in [-0.25, -0.2) is 0 Å². The first-order chi connectivity index (χ1) is 12.5. The molecule has 1 aliphatic carbocycles. The normalized spacial score (nSPS) is 22.5. The van der Waals surface area contributed by atoms with Crippen LogP contribution in [0.15, 0.2) is 24.3 Å². The van der Waals surface area contributed by atoms with Crippen LogP contribution in [-0.2, 0) is 20.8 Å². The van der Waals surface area contributed by atoms with Gasteiger partial charge in [-0.15, -0.1) is 0 Å². The molecule has 2 fully saturated rings. The number of carboxylic acids is 1. The maximum atomic E-state index is 12.5. The fraction of sp³-hybridized carbons (Fsp3) is 0.526. The number of amides is 2. The smallest absolute Gasteiger partial charge is 0.307 e. The van der Waals surface area contributed by atoms with E-state index < -0.39 is 17.8 Å². The molecule has 1 saturated carbocycles. The van der Waals surface area contributed by atoms with Gasteiger partial charge in [0, 0.05) is 26.2 Å². The Balaban J connectivity index is 1.50. The molecule has 3 rings (SSSR count). The predicted molar refractivity (Wildman–Crippen MR) is 93.7 cm³/mol. The van der Waals surface area contributed by atoms with Crippen molar-refractivity contribution in [3.63, 3.8) is 0 Å². The summed E-state index contributed by atoms with van der Waals surface area (Å²) >= 11 is 0. The third-order valence-corrected chi connectivity index (χ3v) is 5.34. The lowest BCUT2D eigenvalue weighted by molar-refractivity contribution is -0.157. The number of ether oxygens (including phenoxy) is 1. The van der Waals surface area contributed by atoms with Gasteiger partial charge in [0.1, 0.15) is 5.75 Å². The van der Waals surface area contributed by atoms with Crippen LogP contribution in [0.1, 0.15) is 18.4 Å². The number of hydrogen-bond acceptors (Lipinski definition) is 4. The van der Waals surface area contributed by atoms with Crippen molar-refractivity contribution in [1.82, 2.24) is 9.80 Å². The summed E-state index contributed by atoms with van der Waals surface area (Å²) in [6, 6.07) is 7.43. The van der Waals surface area contributed by atoms with Gasteiger partial charge in [-0.2, -0.15) is 0 Å². The highest BCUT2D eigenvalue weighted by Gasteiger charge is 2.43. The summed E-state index contributed by atoms with van der Waals surface area (Å²) < 4.78 is 5.18. The molecule has 1 N–H and O–H groups in total. The van der Waals surface area contributed by atoms with Crippen LogP contribution in [0.3, 0.4) is 0 Å². The van der Waals surface area contributed by atoms with E-state index in [0.717, 1.165) is 11.3 Å². The third kappa shape index (κ3) is 3.81. The zero-order chi connectivity index (χ0) is 18.7. The number of benzene rings is 1. The predicted octanol–water partition coefficient (Wildman–Crippen LogP) is 1.02. The van der Waals surface area contributed by atoms with Gasteiger partial charge < -0.3 is 19.6 Å². The number of carbonyl (C=O) groups is 3. The number of carboxylic acid groups (broad SMARTS) is 1. The van der Waals surface area contributed by atoms with Gasteiger partial charge in [-0.05, 0) is 30.5 Å². The van der Waals surface area contributed by atoms with Crippen LogP contribution in [0.2, 0.25) is 0 Å². The molecule has 0 radical (unpaired) electrons. The van der Waals surface area contributed by atoms with Gasteiger partial charge in [0.2, 0.25) is 11.8 Å². The molecule has 2 atom stereocenters. The van der Waals surface area contributed by atoms with Crippen molar-refractivity contribution in [2.24, 2.45) is 11.8 Å². The molecule has 1 aromatic rings. The lowest BCUT2D eigenvalue weighted by Crippen LogP contribution is -2.54. The Labute approximate surface area is 152 Å². The number of nitrogens with zero attached hydrogens (tertiary/aromatic N) is 2. The Hall–Kier alpha value is -2.57. The SMILES string of the molecule is COc1cccc(CC(=O)N2CCN(C(=O)C3CCC3C(=O)O)CC2)c1. The number of methoxy groups -OCH3 is 1. The second-order valence-electron chi connectivity index (χ2n) is 6.86. The second-order valence-corrected chi connectivity index (χ2v) is 6.86. The molecule has 1 aliphatic heterocycles. The number of piperazine rings is 1. The highest BCUT2D eigenvalue weighted by molar-refractivity contribution is 5.86. The maximum Gasteiger partial charge on any atom is 0.307 e.